The topological polar surface area (TPSA) is 79.6 Å². The van der Waals surface area contributed by atoms with Crippen LogP contribution in [0.25, 0.3) is 11.0 Å². The van der Waals surface area contributed by atoms with E-state index in [1.165, 1.54) is 5.56 Å². The molecule has 0 aliphatic carbocycles. The number of carboxylic acids is 1. The molecule has 2 aromatic carbocycles. The number of carbonyl (C=O) groups is 1. The van der Waals surface area contributed by atoms with Crippen molar-refractivity contribution in [2.45, 2.75) is 26.9 Å². The van der Waals surface area contributed by atoms with Gasteiger partial charge in [-0.15, -0.1) is 0 Å². The number of hydrogen-bond donors (Lipinski definition) is 0. The predicted octanol–water partition coefficient (Wildman–Crippen LogP) is 2.28. The summed E-state index contributed by atoms with van der Waals surface area (Å²) < 4.78 is 11.0. The van der Waals surface area contributed by atoms with Crippen molar-refractivity contribution in [3.63, 3.8) is 0 Å². The Bertz CT molecular complexity index is 983. The van der Waals surface area contributed by atoms with E-state index in [1.54, 1.807) is 25.1 Å². The van der Waals surface area contributed by atoms with Gasteiger partial charge in [-0.05, 0) is 37.1 Å². The maximum absolute atomic E-state index is 12.0. The second-order valence-corrected chi connectivity index (χ2v) is 5.97. The molecule has 0 fully saturated rings. The average Bonchev–Trinajstić information content (AvgIpc) is 2.57. The van der Waals surface area contributed by atoms with Gasteiger partial charge in [-0.1, -0.05) is 29.8 Å². The van der Waals surface area contributed by atoms with Crippen molar-refractivity contribution in [1.29, 1.82) is 0 Å². The zero-order chi connectivity index (χ0) is 18.0. The molecule has 0 saturated carbocycles. The van der Waals surface area contributed by atoms with E-state index >= 15 is 0 Å². The normalized spacial score (nSPS) is 10.8. The molecule has 0 spiro atoms. The molecular weight excluding hydrogens is 320 g/mol. The van der Waals surface area contributed by atoms with Crippen molar-refractivity contribution in [1.82, 2.24) is 0 Å². The Labute approximate surface area is 144 Å². The summed E-state index contributed by atoms with van der Waals surface area (Å²) in [6.07, 6.45) is -0.463. The molecule has 5 heteroatoms. The second-order valence-electron chi connectivity index (χ2n) is 5.97. The lowest BCUT2D eigenvalue weighted by Gasteiger charge is -2.10. The summed E-state index contributed by atoms with van der Waals surface area (Å²) in [6.45, 7) is 4.12. The highest BCUT2D eigenvalue weighted by atomic mass is 16.5. The van der Waals surface area contributed by atoms with Crippen LogP contribution in [0.4, 0.5) is 0 Å². The molecule has 0 aliphatic heterocycles. The molecule has 0 atom stereocenters. The average molecular weight is 337 g/mol. The second kappa shape index (κ2) is 6.81. The fourth-order valence-electron chi connectivity index (χ4n) is 2.66. The number of ether oxygens (including phenoxy) is 1. The van der Waals surface area contributed by atoms with Gasteiger partial charge in [0.05, 0.1) is 0 Å². The molecule has 3 aromatic rings. The third-order valence-electron chi connectivity index (χ3n) is 4.11. The first kappa shape index (κ1) is 16.8. The number of carboxylic acid groups (broad SMARTS) is 1. The minimum Gasteiger partial charge on any atom is -0.550 e. The van der Waals surface area contributed by atoms with Crippen molar-refractivity contribution < 1.29 is 19.1 Å². The summed E-state index contributed by atoms with van der Waals surface area (Å²) in [5, 5.41) is 11.5. The first-order valence-corrected chi connectivity index (χ1v) is 7.88. The van der Waals surface area contributed by atoms with Gasteiger partial charge >= 0.3 is 5.63 Å². The van der Waals surface area contributed by atoms with E-state index in [-0.39, 0.29) is 5.56 Å². The highest BCUT2D eigenvalue weighted by Crippen LogP contribution is 2.25. The zero-order valence-electron chi connectivity index (χ0n) is 14.0. The van der Waals surface area contributed by atoms with E-state index in [0.29, 0.717) is 28.9 Å². The van der Waals surface area contributed by atoms with Crippen molar-refractivity contribution >= 4 is 16.9 Å². The Kier molecular flexibility index (Phi) is 4.57. The van der Waals surface area contributed by atoms with E-state index in [9.17, 15) is 14.7 Å². The maximum atomic E-state index is 12.0. The number of hydrogen-bond acceptors (Lipinski definition) is 5. The van der Waals surface area contributed by atoms with Crippen LogP contribution in [0.3, 0.4) is 0 Å². The summed E-state index contributed by atoms with van der Waals surface area (Å²) in [4.78, 5) is 22.8. The number of aryl methyl sites for hydroxylation is 2. The van der Waals surface area contributed by atoms with Crippen LogP contribution in [0.5, 0.6) is 5.75 Å². The fraction of sp³-hybridized carbons (Fsp3) is 0.200. The third-order valence-corrected chi connectivity index (χ3v) is 4.11. The molecule has 128 valence electrons. The number of fused-ring (bicyclic) bond motifs is 1. The highest BCUT2D eigenvalue weighted by molar-refractivity contribution is 5.83. The molecule has 0 aliphatic rings. The van der Waals surface area contributed by atoms with Gasteiger partial charge in [-0.3, -0.25) is 0 Å². The summed E-state index contributed by atoms with van der Waals surface area (Å²) >= 11 is 0. The van der Waals surface area contributed by atoms with Crippen LogP contribution in [0, 0.1) is 13.8 Å². The number of benzene rings is 2. The maximum Gasteiger partial charge on any atom is 0.340 e. The lowest BCUT2D eigenvalue weighted by atomic mass is 10.0. The van der Waals surface area contributed by atoms with Crippen LogP contribution >= 0.6 is 0 Å². The summed E-state index contributed by atoms with van der Waals surface area (Å²) in [7, 11) is 0. The van der Waals surface area contributed by atoms with E-state index < -0.39 is 18.0 Å². The van der Waals surface area contributed by atoms with E-state index in [2.05, 4.69) is 0 Å². The van der Waals surface area contributed by atoms with E-state index in [1.807, 2.05) is 31.2 Å². The molecule has 1 heterocycles. The van der Waals surface area contributed by atoms with Gasteiger partial charge in [0.25, 0.3) is 0 Å². The van der Waals surface area contributed by atoms with Crippen LogP contribution < -0.4 is 15.5 Å². The minimum absolute atomic E-state index is 0.112. The number of aliphatic carboxylic acids is 1. The molecule has 0 radical (unpaired) electrons. The minimum atomic E-state index is -1.31. The van der Waals surface area contributed by atoms with Gasteiger partial charge < -0.3 is 19.1 Å². The van der Waals surface area contributed by atoms with Crippen LogP contribution in [0.2, 0.25) is 0 Å². The molecule has 0 unspecified atom stereocenters. The Morgan fingerprint density at radius 3 is 2.52 bits per heavy atom. The Balaban J connectivity index is 1.88. The van der Waals surface area contributed by atoms with Gasteiger partial charge in [0.15, 0.2) is 0 Å². The quantitative estimate of drug-likeness (QED) is 0.667. The molecule has 5 nitrogen and oxygen atoms in total. The third kappa shape index (κ3) is 3.71. The zero-order valence-corrected chi connectivity index (χ0v) is 14.0. The smallest absolute Gasteiger partial charge is 0.340 e. The standard InChI is InChI=1S/C20H18O5/c1-12-3-5-14(6-4-12)11-24-15-7-8-16-13(2)17(10-19(21)22)20(23)25-18(16)9-15/h3-9H,10-11H2,1-2H3,(H,21,22)/p-1. The van der Waals surface area contributed by atoms with Crippen molar-refractivity contribution in [3.8, 4) is 5.75 Å². The van der Waals surface area contributed by atoms with E-state index in [4.69, 9.17) is 9.15 Å². The van der Waals surface area contributed by atoms with Gasteiger partial charge in [0.1, 0.15) is 17.9 Å². The molecule has 3 rings (SSSR count). The van der Waals surface area contributed by atoms with Crippen LogP contribution in [-0.2, 0) is 17.8 Å². The van der Waals surface area contributed by atoms with Crippen molar-refractivity contribution in [2.75, 3.05) is 0 Å². The Morgan fingerprint density at radius 2 is 1.84 bits per heavy atom. The van der Waals surface area contributed by atoms with Gasteiger partial charge in [0.2, 0.25) is 0 Å². The van der Waals surface area contributed by atoms with Crippen molar-refractivity contribution in [3.05, 3.63) is 75.1 Å². The molecule has 0 N–H and O–H groups in total. The molecule has 0 bridgehead atoms. The largest absolute Gasteiger partial charge is 0.550 e. The summed E-state index contributed by atoms with van der Waals surface area (Å²) in [6, 6.07) is 13.2. The van der Waals surface area contributed by atoms with Crippen LogP contribution in [-0.4, -0.2) is 5.97 Å². The molecule has 0 saturated heterocycles. The lowest BCUT2D eigenvalue weighted by molar-refractivity contribution is -0.304. The monoisotopic (exact) mass is 337 g/mol. The first-order valence-electron chi connectivity index (χ1n) is 7.88. The van der Waals surface area contributed by atoms with Crippen LogP contribution in [0.15, 0.2) is 51.7 Å². The SMILES string of the molecule is Cc1ccc(COc2ccc3c(C)c(CC(=O)[O-])c(=O)oc3c2)cc1. The van der Waals surface area contributed by atoms with Gasteiger partial charge in [-0.25, -0.2) is 4.79 Å². The Morgan fingerprint density at radius 1 is 1.12 bits per heavy atom. The molecule has 25 heavy (non-hydrogen) atoms. The lowest BCUT2D eigenvalue weighted by Crippen LogP contribution is -2.27. The van der Waals surface area contributed by atoms with Gasteiger partial charge in [-0.2, -0.15) is 0 Å². The summed E-state index contributed by atoms with van der Waals surface area (Å²) in [5.74, 6) is -0.740. The molecule has 0 amide bonds. The van der Waals surface area contributed by atoms with Crippen LogP contribution in [0.1, 0.15) is 22.3 Å². The fourth-order valence-corrected chi connectivity index (χ4v) is 2.66. The number of rotatable bonds is 5. The predicted molar refractivity (Wildman–Crippen MR) is 91.4 cm³/mol. The van der Waals surface area contributed by atoms with Gasteiger partial charge in [0, 0.05) is 29.4 Å². The van der Waals surface area contributed by atoms with E-state index in [0.717, 1.165) is 5.56 Å². The highest BCUT2D eigenvalue weighted by Gasteiger charge is 2.12. The first-order chi connectivity index (χ1) is 11.9. The molecule has 1 aromatic heterocycles. The molecular formula is C20H17O5-. The Hall–Kier alpha value is -3.08. The number of carbonyl (C=O) groups excluding carboxylic acids is 1. The summed E-state index contributed by atoms with van der Waals surface area (Å²) in [5.41, 5.74) is 2.61. The van der Waals surface area contributed by atoms with Crippen molar-refractivity contribution in [2.24, 2.45) is 0 Å².